The molecule has 22 heavy (non-hydrogen) atoms. The van der Waals surface area contributed by atoms with Gasteiger partial charge in [0.15, 0.2) is 0 Å². The van der Waals surface area contributed by atoms with Crippen molar-refractivity contribution in [2.45, 2.75) is 13.5 Å². The van der Waals surface area contributed by atoms with Crippen LogP contribution in [-0.4, -0.2) is 36.7 Å². The second kappa shape index (κ2) is 6.72. The maximum absolute atomic E-state index is 11.8. The predicted molar refractivity (Wildman–Crippen MR) is 76.5 cm³/mol. The van der Waals surface area contributed by atoms with Gasteiger partial charge in [0.05, 0.1) is 15.9 Å². The van der Waals surface area contributed by atoms with Crippen LogP contribution < -0.4 is 5.43 Å². The molecule has 0 unspecified atom stereocenters. The first-order chi connectivity index (χ1) is 10.5. The Balaban J connectivity index is 1.95. The summed E-state index contributed by atoms with van der Waals surface area (Å²) in [6.45, 7) is 1.67. The molecule has 0 aliphatic carbocycles. The van der Waals surface area contributed by atoms with Gasteiger partial charge in [0.2, 0.25) is 0 Å². The van der Waals surface area contributed by atoms with Gasteiger partial charge in [0.25, 0.3) is 5.91 Å². The van der Waals surface area contributed by atoms with Gasteiger partial charge < -0.3 is 10.1 Å². The van der Waals surface area contributed by atoms with Crippen molar-refractivity contribution in [1.29, 1.82) is 0 Å². The zero-order chi connectivity index (χ0) is 16.1. The van der Waals surface area contributed by atoms with Crippen LogP contribution in [0.4, 0.5) is 5.95 Å². The van der Waals surface area contributed by atoms with Crippen molar-refractivity contribution in [3.05, 3.63) is 45.0 Å². The lowest BCUT2D eigenvalue weighted by Gasteiger charge is -2.01. The molecular weight excluding hydrogens is 314 g/mol. The Labute approximate surface area is 128 Å². The molecule has 1 heterocycles. The lowest BCUT2D eigenvalue weighted by molar-refractivity contribution is -0.394. The highest BCUT2D eigenvalue weighted by molar-refractivity contribution is 6.30. The van der Waals surface area contributed by atoms with E-state index in [2.05, 4.69) is 25.9 Å². The Hall–Kier alpha value is -2.88. The maximum Gasteiger partial charge on any atom is 0.514 e. The van der Waals surface area contributed by atoms with Gasteiger partial charge in [0, 0.05) is 15.8 Å². The fraction of sp³-hybridized carbons (Fsp3) is 0.182. The number of rotatable bonds is 5. The van der Waals surface area contributed by atoms with E-state index in [1.807, 2.05) is 0 Å². The zero-order valence-corrected chi connectivity index (χ0v) is 12.1. The Kier molecular flexibility index (Phi) is 4.73. The van der Waals surface area contributed by atoms with Crippen LogP contribution in [0.1, 0.15) is 17.3 Å². The number of aromatic nitrogens is 4. The number of tetrazole rings is 1. The molecule has 0 saturated heterocycles. The summed E-state index contributed by atoms with van der Waals surface area (Å²) in [4.78, 5) is 22.5. The monoisotopic (exact) mass is 323 g/mol. The fourth-order valence-corrected chi connectivity index (χ4v) is 1.55. The van der Waals surface area contributed by atoms with Gasteiger partial charge in [-0.15, -0.1) is 0 Å². The first-order valence-electron chi connectivity index (χ1n) is 5.97. The van der Waals surface area contributed by atoms with E-state index in [-0.39, 0.29) is 6.54 Å². The van der Waals surface area contributed by atoms with E-state index in [0.717, 1.165) is 4.80 Å². The fourth-order valence-electron chi connectivity index (χ4n) is 1.43. The van der Waals surface area contributed by atoms with E-state index in [4.69, 9.17) is 11.6 Å². The first kappa shape index (κ1) is 15.5. The third-order valence-corrected chi connectivity index (χ3v) is 2.68. The van der Waals surface area contributed by atoms with Crippen LogP contribution in [0.5, 0.6) is 0 Å². The van der Waals surface area contributed by atoms with Crippen LogP contribution in [0, 0.1) is 10.1 Å². The number of carbonyl (C=O) groups is 1. The smallest absolute Gasteiger partial charge is 0.390 e. The molecule has 0 aliphatic heterocycles. The van der Waals surface area contributed by atoms with Crippen LogP contribution in [-0.2, 0) is 6.54 Å². The van der Waals surface area contributed by atoms with E-state index in [9.17, 15) is 14.9 Å². The number of hydrazone groups is 1. The first-order valence-corrected chi connectivity index (χ1v) is 6.35. The summed E-state index contributed by atoms with van der Waals surface area (Å²) in [6.07, 6.45) is 0. The molecule has 1 aromatic carbocycles. The number of nitro groups is 1. The topological polar surface area (TPSA) is 128 Å². The second-order valence-corrected chi connectivity index (χ2v) is 4.61. The van der Waals surface area contributed by atoms with Gasteiger partial charge in [-0.05, 0) is 36.1 Å². The van der Waals surface area contributed by atoms with Gasteiger partial charge in [-0.2, -0.15) is 5.10 Å². The van der Waals surface area contributed by atoms with E-state index < -0.39 is 16.8 Å². The zero-order valence-electron chi connectivity index (χ0n) is 11.3. The van der Waals surface area contributed by atoms with Gasteiger partial charge in [-0.25, -0.2) is 5.43 Å². The minimum atomic E-state index is -0.752. The Morgan fingerprint density at radius 1 is 1.45 bits per heavy atom. The average Bonchev–Trinajstić information content (AvgIpc) is 2.94. The molecule has 0 aliphatic rings. The Bertz CT molecular complexity index is 726. The summed E-state index contributed by atoms with van der Waals surface area (Å²) >= 11 is 5.73. The molecule has 2 aromatic rings. The van der Waals surface area contributed by atoms with Gasteiger partial charge >= 0.3 is 5.95 Å². The van der Waals surface area contributed by atoms with E-state index >= 15 is 0 Å². The molecule has 0 atom stereocenters. The summed E-state index contributed by atoms with van der Waals surface area (Å²) in [5, 5.41) is 25.1. The maximum atomic E-state index is 11.8. The summed E-state index contributed by atoms with van der Waals surface area (Å²) in [7, 11) is 0. The number of benzene rings is 1. The van der Waals surface area contributed by atoms with Crippen LogP contribution in [0.3, 0.4) is 0 Å². The molecule has 1 N–H and O–H groups in total. The molecular formula is C11H10ClN7O3. The molecule has 0 saturated carbocycles. The second-order valence-electron chi connectivity index (χ2n) is 4.17. The quantitative estimate of drug-likeness (QED) is 0.497. The lowest BCUT2D eigenvalue weighted by atomic mass is 10.2. The molecule has 114 valence electrons. The van der Waals surface area contributed by atoms with Gasteiger partial charge in [-0.1, -0.05) is 16.4 Å². The van der Waals surface area contributed by atoms with Gasteiger partial charge in [0.1, 0.15) is 6.54 Å². The Morgan fingerprint density at radius 3 is 2.73 bits per heavy atom. The average molecular weight is 324 g/mol. The van der Waals surface area contributed by atoms with Crippen molar-refractivity contribution in [3.8, 4) is 0 Å². The van der Waals surface area contributed by atoms with Crippen molar-refractivity contribution in [1.82, 2.24) is 25.6 Å². The van der Waals surface area contributed by atoms with Crippen molar-refractivity contribution < 1.29 is 9.72 Å². The summed E-state index contributed by atoms with van der Waals surface area (Å²) in [6, 6.07) is 6.30. The third-order valence-electron chi connectivity index (χ3n) is 2.43. The molecule has 2 rings (SSSR count). The van der Waals surface area contributed by atoms with E-state index in [1.165, 1.54) is 0 Å². The predicted octanol–water partition coefficient (Wildman–Crippen LogP) is 1.04. The number of nitrogens with one attached hydrogen (secondary N) is 1. The number of carbonyl (C=O) groups excluding carboxylic acids is 1. The number of hydrogen-bond donors (Lipinski definition) is 1. The summed E-state index contributed by atoms with van der Waals surface area (Å²) in [5.74, 6) is -1.01. The van der Waals surface area contributed by atoms with Gasteiger partial charge in [-0.3, -0.25) is 4.79 Å². The molecule has 1 amide bonds. The standard InChI is InChI=1S/C11H10ClN7O3/c1-7(6-18-16-11(15-17-18)19(21)22)13-14-10(20)8-2-4-9(12)5-3-8/h2-5H,6H2,1H3,(H,14,20)/b13-7+. The molecule has 0 bridgehead atoms. The minimum absolute atomic E-state index is 0.0573. The third kappa shape index (κ3) is 4.06. The molecule has 0 fully saturated rings. The summed E-state index contributed by atoms with van der Waals surface area (Å²) < 4.78 is 0. The van der Waals surface area contributed by atoms with Crippen LogP contribution in [0.25, 0.3) is 0 Å². The molecule has 10 nitrogen and oxygen atoms in total. The van der Waals surface area contributed by atoms with Crippen molar-refractivity contribution in [2.24, 2.45) is 5.10 Å². The minimum Gasteiger partial charge on any atom is -0.390 e. The molecule has 11 heteroatoms. The SMILES string of the molecule is C/C(Cn1nnc([N+](=O)[O-])n1)=N\NC(=O)c1ccc(Cl)cc1. The highest BCUT2D eigenvalue weighted by Crippen LogP contribution is 2.09. The largest absolute Gasteiger partial charge is 0.514 e. The number of nitrogens with zero attached hydrogens (tertiary/aromatic N) is 6. The van der Waals surface area contributed by atoms with Crippen molar-refractivity contribution >= 4 is 29.2 Å². The van der Waals surface area contributed by atoms with Crippen molar-refractivity contribution in [2.75, 3.05) is 0 Å². The highest BCUT2D eigenvalue weighted by atomic mass is 35.5. The highest BCUT2D eigenvalue weighted by Gasteiger charge is 2.15. The Morgan fingerprint density at radius 2 is 2.14 bits per heavy atom. The lowest BCUT2D eigenvalue weighted by Crippen LogP contribution is -2.21. The normalized spacial score (nSPS) is 11.3. The summed E-state index contributed by atoms with van der Waals surface area (Å²) in [5.41, 5.74) is 3.19. The number of amides is 1. The van der Waals surface area contributed by atoms with E-state index in [1.54, 1.807) is 31.2 Å². The molecule has 0 spiro atoms. The molecule has 0 radical (unpaired) electrons. The number of hydrogen-bond acceptors (Lipinski definition) is 7. The number of halogens is 1. The van der Waals surface area contributed by atoms with Crippen molar-refractivity contribution in [3.63, 3.8) is 0 Å². The van der Waals surface area contributed by atoms with Crippen LogP contribution >= 0.6 is 11.6 Å². The van der Waals surface area contributed by atoms with E-state index in [0.29, 0.717) is 16.3 Å². The molecule has 1 aromatic heterocycles. The van der Waals surface area contributed by atoms with Crippen LogP contribution in [0.15, 0.2) is 29.4 Å². The van der Waals surface area contributed by atoms with Crippen LogP contribution in [0.2, 0.25) is 5.02 Å².